The number of likely N-dealkylation sites (tertiary alicyclic amines) is 4. The first-order valence-electron chi connectivity index (χ1n) is 25.4. The fourth-order valence-electron chi connectivity index (χ4n) is 12.8. The summed E-state index contributed by atoms with van der Waals surface area (Å²) in [5, 5.41) is 21.2. The molecule has 0 spiro atoms. The minimum Gasteiger partial charge on any atom is -0.496 e. The van der Waals surface area contributed by atoms with Crippen LogP contribution < -0.4 is 20.6 Å². The molecule has 0 bridgehead atoms. The SMILES string of the molecule is C/C=C/c1ccc2n(c1=O)C[C@@H]1[C@@H](CO)[C@H](C(=O)N3CCCCC3)N(Cc3ccccc3OC)[C@H]21.C/C=C\c1ccc2n(c1=O)C[C@@H]1[C@@H](CO)[C@H](C(=O)N3CCCCC3)N(Cc3ccccc3OC)[C@H]21. The van der Waals surface area contributed by atoms with Crippen LogP contribution >= 0.6 is 0 Å². The topological polar surface area (TPSA) is 150 Å². The number of hydrogen-bond acceptors (Lipinski definition) is 10. The number of pyridine rings is 2. The third-order valence-electron chi connectivity index (χ3n) is 16.1. The number of rotatable bonds is 12. The Morgan fingerprint density at radius 3 is 1.31 bits per heavy atom. The molecule has 4 saturated heterocycles. The lowest BCUT2D eigenvalue weighted by Crippen LogP contribution is -2.51. The predicted molar refractivity (Wildman–Crippen MR) is 270 cm³/mol. The van der Waals surface area contributed by atoms with Crippen LogP contribution in [0.3, 0.4) is 0 Å². The highest BCUT2D eigenvalue weighted by atomic mass is 16.5. The quantitative estimate of drug-likeness (QED) is 0.170. The second-order valence-corrected chi connectivity index (χ2v) is 19.8. The summed E-state index contributed by atoms with van der Waals surface area (Å²) in [7, 11) is 3.32. The van der Waals surface area contributed by atoms with Gasteiger partial charge in [0, 0.05) is 123 Å². The second kappa shape index (κ2) is 21.7. The maximum absolute atomic E-state index is 13.9. The van der Waals surface area contributed by atoms with Gasteiger partial charge in [-0.3, -0.25) is 29.0 Å². The van der Waals surface area contributed by atoms with Gasteiger partial charge in [0.05, 0.1) is 38.4 Å². The van der Waals surface area contributed by atoms with Gasteiger partial charge in [-0.2, -0.15) is 0 Å². The lowest BCUT2D eigenvalue weighted by Gasteiger charge is -2.36. The monoisotopic (exact) mass is 955 g/mol. The number of benzene rings is 2. The molecule has 14 heteroatoms. The van der Waals surface area contributed by atoms with Gasteiger partial charge in [0.25, 0.3) is 11.1 Å². The number of carbonyl (C=O) groups excluding carboxylic acids is 2. The summed E-state index contributed by atoms with van der Waals surface area (Å²) >= 11 is 0. The number of allylic oxidation sites excluding steroid dienone is 2. The molecular formula is C56H70N6O8. The van der Waals surface area contributed by atoms with E-state index in [1.807, 2.05) is 130 Å². The van der Waals surface area contributed by atoms with Crippen molar-refractivity contribution >= 4 is 24.0 Å². The average molecular weight is 955 g/mol. The van der Waals surface area contributed by atoms with E-state index in [1.165, 1.54) is 0 Å². The zero-order chi connectivity index (χ0) is 49.1. The number of nitrogens with zero attached hydrogens (tertiary/aromatic N) is 6. The van der Waals surface area contributed by atoms with E-state index in [9.17, 15) is 29.4 Å². The van der Waals surface area contributed by atoms with E-state index in [4.69, 9.17) is 9.47 Å². The molecule has 8 heterocycles. The normalized spacial score (nSPS) is 26.2. The smallest absolute Gasteiger partial charge is 0.258 e. The number of carbonyl (C=O) groups is 2. The summed E-state index contributed by atoms with van der Waals surface area (Å²) in [6, 6.07) is 22.5. The summed E-state index contributed by atoms with van der Waals surface area (Å²) in [5.74, 6) is 1.25. The fraction of sp³-hybridized carbons (Fsp3) is 0.500. The van der Waals surface area contributed by atoms with E-state index in [1.54, 1.807) is 14.2 Å². The Bertz CT molecular complexity index is 2520. The molecule has 0 aliphatic carbocycles. The fourth-order valence-corrected chi connectivity index (χ4v) is 12.8. The van der Waals surface area contributed by atoms with Crippen LogP contribution in [0.5, 0.6) is 11.5 Å². The first kappa shape index (κ1) is 49.2. The number of aromatic nitrogens is 2. The largest absolute Gasteiger partial charge is 0.496 e. The van der Waals surface area contributed by atoms with E-state index in [0.717, 1.165) is 98.7 Å². The third-order valence-corrected chi connectivity index (χ3v) is 16.1. The van der Waals surface area contributed by atoms with Gasteiger partial charge in [-0.15, -0.1) is 0 Å². The molecule has 0 radical (unpaired) electrons. The van der Waals surface area contributed by atoms with E-state index in [-0.39, 0.29) is 71.9 Å². The van der Waals surface area contributed by atoms with Crippen molar-refractivity contribution in [2.45, 2.75) is 103 Å². The molecule has 14 nitrogen and oxygen atoms in total. The van der Waals surface area contributed by atoms with Gasteiger partial charge in [0.15, 0.2) is 0 Å². The van der Waals surface area contributed by atoms with Gasteiger partial charge in [0.2, 0.25) is 11.8 Å². The number of piperidine rings is 2. The molecule has 10 rings (SSSR count). The van der Waals surface area contributed by atoms with Crippen LogP contribution in [0.25, 0.3) is 12.2 Å². The van der Waals surface area contributed by atoms with Crippen molar-refractivity contribution in [1.29, 1.82) is 0 Å². The first-order valence-corrected chi connectivity index (χ1v) is 25.4. The van der Waals surface area contributed by atoms with Crippen LogP contribution in [-0.2, 0) is 35.8 Å². The molecule has 0 unspecified atom stereocenters. The first-order chi connectivity index (χ1) is 34.2. The van der Waals surface area contributed by atoms with E-state index in [0.29, 0.717) is 37.3 Å². The van der Waals surface area contributed by atoms with E-state index in [2.05, 4.69) is 9.80 Å². The molecule has 2 N–H and O–H groups in total. The van der Waals surface area contributed by atoms with Crippen molar-refractivity contribution in [1.82, 2.24) is 28.7 Å². The molecule has 70 heavy (non-hydrogen) atoms. The standard InChI is InChI=1S/2C28H35N3O4/c2*1-3-9-19-12-13-23-25-21(17-30(23)27(19)33)22(18-32)26(28(34)29-14-7-4-8-15-29)31(25)16-20-10-5-6-11-24(20)35-2/h2*3,5-6,9-13,21-22,25-26,32H,4,7-8,14-18H2,1-2H3/b9-3+;9-3-/t2*21-,22-,25+,26-/m11/s1. The maximum Gasteiger partial charge on any atom is 0.258 e. The van der Waals surface area contributed by atoms with E-state index < -0.39 is 12.1 Å². The Morgan fingerprint density at radius 1 is 0.571 bits per heavy atom. The molecule has 2 aromatic heterocycles. The van der Waals surface area contributed by atoms with Crippen LogP contribution in [0, 0.1) is 23.7 Å². The highest BCUT2D eigenvalue weighted by Gasteiger charge is 2.58. The molecule has 2 amide bonds. The maximum atomic E-state index is 13.9. The minimum absolute atomic E-state index is 0.0113. The molecule has 372 valence electrons. The van der Waals surface area contributed by atoms with E-state index >= 15 is 0 Å². The zero-order valence-electron chi connectivity index (χ0n) is 41.2. The van der Waals surface area contributed by atoms with Crippen LogP contribution in [0.2, 0.25) is 0 Å². The second-order valence-electron chi connectivity index (χ2n) is 19.8. The molecule has 2 aromatic carbocycles. The number of methoxy groups -OCH3 is 2. The van der Waals surface area contributed by atoms with Crippen molar-refractivity contribution in [3.05, 3.63) is 139 Å². The number of amides is 2. The van der Waals surface area contributed by atoms with Gasteiger partial charge in [0.1, 0.15) is 11.5 Å². The molecule has 6 aliphatic rings. The minimum atomic E-state index is -0.433. The van der Waals surface area contributed by atoms with Crippen LogP contribution in [0.4, 0.5) is 0 Å². The molecule has 4 fully saturated rings. The lowest BCUT2D eigenvalue weighted by molar-refractivity contribution is -0.140. The number of aliphatic hydroxyl groups is 2. The average Bonchev–Trinajstić information content (AvgIpc) is 4.14. The Balaban J connectivity index is 0.000000174. The van der Waals surface area contributed by atoms with Crippen LogP contribution in [0.15, 0.2) is 94.5 Å². The Labute approximate surface area is 411 Å². The highest BCUT2D eigenvalue weighted by molar-refractivity contribution is 5.84. The summed E-state index contributed by atoms with van der Waals surface area (Å²) in [4.78, 5) is 62.8. The number of ether oxygens (including phenoxy) is 2. The van der Waals surface area contributed by atoms with Crippen molar-refractivity contribution in [3.8, 4) is 11.5 Å². The summed E-state index contributed by atoms with van der Waals surface area (Å²) in [5.41, 5.74) is 5.14. The molecule has 4 aromatic rings. The highest BCUT2D eigenvalue weighted by Crippen LogP contribution is 2.52. The molecule has 6 aliphatic heterocycles. The van der Waals surface area contributed by atoms with Crippen molar-refractivity contribution < 1.29 is 29.3 Å². The van der Waals surface area contributed by atoms with Gasteiger partial charge in [-0.05, 0) is 88.8 Å². The van der Waals surface area contributed by atoms with Crippen LogP contribution in [-0.4, -0.2) is 116 Å². The Hall–Kier alpha value is -5.80. The van der Waals surface area contributed by atoms with Crippen LogP contribution in [0.1, 0.15) is 98.1 Å². The predicted octanol–water partition coefficient (Wildman–Crippen LogP) is 6.13. The molecular weight excluding hydrogens is 885 g/mol. The summed E-state index contributed by atoms with van der Waals surface area (Å²) in [6.07, 6.45) is 13.8. The van der Waals surface area contributed by atoms with Gasteiger partial charge in [-0.25, -0.2) is 0 Å². The molecule has 0 saturated carbocycles. The Morgan fingerprint density at radius 2 is 0.957 bits per heavy atom. The van der Waals surface area contributed by atoms with Crippen molar-refractivity contribution in [2.24, 2.45) is 23.7 Å². The van der Waals surface area contributed by atoms with Gasteiger partial charge < -0.3 is 38.6 Å². The third kappa shape index (κ3) is 9.08. The number of fused-ring (bicyclic) bond motifs is 6. The van der Waals surface area contributed by atoms with Gasteiger partial charge >= 0.3 is 0 Å². The number of para-hydroxylation sites is 2. The number of hydrogen-bond donors (Lipinski definition) is 2. The van der Waals surface area contributed by atoms with Crippen molar-refractivity contribution in [2.75, 3.05) is 53.6 Å². The van der Waals surface area contributed by atoms with Crippen molar-refractivity contribution in [3.63, 3.8) is 0 Å². The summed E-state index contributed by atoms with van der Waals surface area (Å²) < 4.78 is 15.0. The molecule has 8 atom stereocenters. The summed E-state index contributed by atoms with van der Waals surface area (Å²) in [6.45, 7) is 8.77. The van der Waals surface area contributed by atoms with Gasteiger partial charge in [-0.1, -0.05) is 60.7 Å². The lowest BCUT2D eigenvalue weighted by atomic mass is 9.88. The number of aliphatic hydroxyl groups excluding tert-OH is 2. The zero-order valence-corrected chi connectivity index (χ0v) is 41.2. The Kier molecular flexibility index (Phi) is 15.2.